The van der Waals surface area contributed by atoms with Gasteiger partial charge in [0, 0.05) is 11.1 Å². The number of rotatable bonds is 4. The molecule has 0 aliphatic rings. The number of fused-ring (bicyclic) bond motifs is 1. The predicted octanol–water partition coefficient (Wildman–Crippen LogP) is 3.04. The van der Waals surface area contributed by atoms with Crippen LogP contribution < -0.4 is 5.56 Å². The summed E-state index contributed by atoms with van der Waals surface area (Å²) in [4.78, 5) is 14.7. The number of H-pyrrole nitrogens is 1. The van der Waals surface area contributed by atoms with Gasteiger partial charge in [0.25, 0.3) is 5.56 Å². The molecule has 0 bridgehead atoms. The first-order valence-corrected chi connectivity index (χ1v) is 7.78. The van der Waals surface area contributed by atoms with Gasteiger partial charge in [-0.2, -0.15) is 5.26 Å². The van der Waals surface area contributed by atoms with Crippen LogP contribution in [0.4, 0.5) is 0 Å². The number of nitrogens with zero attached hydrogens (tertiary/aromatic N) is 1. The molecule has 120 valence electrons. The lowest BCUT2D eigenvalue weighted by atomic mass is 9.78. The predicted molar refractivity (Wildman–Crippen MR) is 93.6 cm³/mol. The summed E-state index contributed by atoms with van der Waals surface area (Å²) >= 11 is 0. The van der Waals surface area contributed by atoms with Crippen LogP contribution in [0.5, 0.6) is 0 Å². The number of aromatic nitrogens is 1. The number of aromatic amines is 1. The molecular formula is C20H18N2O2. The third kappa shape index (κ3) is 2.94. The summed E-state index contributed by atoms with van der Waals surface area (Å²) in [5.41, 5.74) is 1.96. The number of hydrogen-bond acceptors (Lipinski definition) is 3. The summed E-state index contributed by atoms with van der Waals surface area (Å²) in [6.45, 7) is 1.61. The van der Waals surface area contributed by atoms with E-state index in [9.17, 15) is 15.2 Å². The van der Waals surface area contributed by atoms with Gasteiger partial charge in [-0.15, -0.1) is 0 Å². The second kappa shape index (κ2) is 6.31. The van der Waals surface area contributed by atoms with Gasteiger partial charge in [0.2, 0.25) is 0 Å². The van der Waals surface area contributed by atoms with E-state index in [-0.39, 0.29) is 12.2 Å². The van der Waals surface area contributed by atoms with Crippen LogP contribution in [-0.2, 0) is 18.4 Å². The highest BCUT2D eigenvalue weighted by molar-refractivity contribution is 5.80. The fourth-order valence-electron chi connectivity index (χ4n) is 2.92. The maximum Gasteiger partial charge on any atom is 0.253 e. The highest BCUT2D eigenvalue weighted by atomic mass is 16.3. The molecule has 1 heterocycles. The second-order valence-corrected chi connectivity index (χ2v) is 6.19. The van der Waals surface area contributed by atoms with Gasteiger partial charge in [-0.05, 0) is 42.0 Å². The number of pyridine rings is 1. The first-order valence-electron chi connectivity index (χ1n) is 7.78. The lowest BCUT2D eigenvalue weighted by molar-refractivity contribution is 0.280. The Morgan fingerprint density at radius 1 is 1.17 bits per heavy atom. The van der Waals surface area contributed by atoms with Crippen molar-refractivity contribution in [3.8, 4) is 6.07 Å². The molecule has 2 aromatic carbocycles. The van der Waals surface area contributed by atoms with Gasteiger partial charge < -0.3 is 10.1 Å². The number of aliphatic hydroxyl groups is 1. The molecule has 24 heavy (non-hydrogen) atoms. The smallest absolute Gasteiger partial charge is 0.253 e. The van der Waals surface area contributed by atoms with Crippen molar-refractivity contribution in [3.05, 3.63) is 81.6 Å². The van der Waals surface area contributed by atoms with Gasteiger partial charge >= 0.3 is 0 Å². The highest BCUT2D eigenvalue weighted by Gasteiger charge is 2.27. The van der Waals surface area contributed by atoms with Crippen LogP contribution in [0.2, 0.25) is 0 Å². The summed E-state index contributed by atoms with van der Waals surface area (Å²) in [7, 11) is 0. The average molecular weight is 318 g/mol. The standard InChI is InChI=1S/C20H18N2O2/c1-20(13-21,11-14-5-3-2-4-6-14)17-8-7-15-9-16(12-23)19(24)22-18(15)10-17/h2-10,23H,11-12H2,1H3,(H,22,24). The Balaban J connectivity index is 2.06. The lowest BCUT2D eigenvalue weighted by Crippen LogP contribution is -2.23. The van der Waals surface area contributed by atoms with Crippen molar-refractivity contribution in [3.63, 3.8) is 0 Å². The van der Waals surface area contributed by atoms with Gasteiger partial charge in [0.15, 0.2) is 0 Å². The topological polar surface area (TPSA) is 76.9 Å². The number of nitrogens with one attached hydrogen (secondary N) is 1. The Morgan fingerprint density at radius 2 is 1.92 bits per heavy atom. The van der Waals surface area contributed by atoms with E-state index < -0.39 is 5.41 Å². The number of hydrogen-bond donors (Lipinski definition) is 2. The van der Waals surface area contributed by atoms with E-state index in [1.165, 1.54) is 0 Å². The maximum atomic E-state index is 11.9. The highest BCUT2D eigenvalue weighted by Crippen LogP contribution is 2.29. The van der Waals surface area contributed by atoms with E-state index in [1.807, 2.05) is 55.5 Å². The van der Waals surface area contributed by atoms with Crippen molar-refractivity contribution >= 4 is 10.9 Å². The van der Waals surface area contributed by atoms with E-state index in [2.05, 4.69) is 11.1 Å². The van der Waals surface area contributed by atoms with Crippen LogP contribution in [0, 0.1) is 11.3 Å². The zero-order valence-corrected chi connectivity index (χ0v) is 13.4. The normalized spacial score (nSPS) is 13.4. The Hall–Kier alpha value is -2.90. The van der Waals surface area contributed by atoms with Crippen molar-refractivity contribution in [2.24, 2.45) is 0 Å². The molecule has 4 nitrogen and oxygen atoms in total. The maximum absolute atomic E-state index is 11.9. The summed E-state index contributed by atoms with van der Waals surface area (Å²) < 4.78 is 0. The second-order valence-electron chi connectivity index (χ2n) is 6.19. The monoisotopic (exact) mass is 318 g/mol. The van der Waals surface area contributed by atoms with Crippen molar-refractivity contribution in [2.75, 3.05) is 0 Å². The lowest BCUT2D eigenvalue weighted by Gasteiger charge is -2.22. The minimum Gasteiger partial charge on any atom is -0.391 e. The molecule has 3 aromatic rings. The third-order valence-corrected chi connectivity index (χ3v) is 4.38. The van der Waals surface area contributed by atoms with Crippen molar-refractivity contribution < 1.29 is 5.11 Å². The largest absolute Gasteiger partial charge is 0.391 e. The number of aliphatic hydroxyl groups excluding tert-OH is 1. The van der Waals surface area contributed by atoms with E-state index in [0.717, 1.165) is 16.5 Å². The molecular weight excluding hydrogens is 300 g/mol. The Morgan fingerprint density at radius 3 is 2.58 bits per heavy atom. The number of benzene rings is 2. The third-order valence-electron chi connectivity index (χ3n) is 4.38. The van der Waals surface area contributed by atoms with E-state index in [1.54, 1.807) is 6.07 Å². The summed E-state index contributed by atoms with van der Waals surface area (Å²) in [6, 6.07) is 19.6. The number of nitriles is 1. The molecule has 1 unspecified atom stereocenters. The van der Waals surface area contributed by atoms with Crippen LogP contribution in [0.25, 0.3) is 10.9 Å². The van der Waals surface area contributed by atoms with Crippen LogP contribution in [0.15, 0.2) is 59.4 Å². The molecule has 0 spiro atoms. The molecule has 1 atom stereocenters. The Kier molecular flexibility index (Phi) is 4.20. The Labute approximate surface area is 140 Å². The molecule has 0 saturated carbocycles. The molecule has 0 aliphatic carbocycles. The molecule has 2 N–H and O–H groups in total. The van der Waals surface area contributed by atoms with Gasteiger partial charge in [-0.25, -0.2) is 0 Å². The van der Waals surface area contributed by atoms with Gasteiger partial charge in [-0.1, -0.05) is 42.5 Å². The first-order chi connectivity index (χ1) is 11.6. The molecule has 4 heteroatoms. The van der Waals surface area contributed by atoms with Crippen LogP contribution in [-0.4, -0.2) is 10.1 Å². The molecule has 1 aromatic heterocycles. The molecule has 0 fully saturated rings. The zero-order valence-electron chi connectivity index (χ0n) is 13.4. The minimum absolute atomic E-state index is 0.295. The first kappa shape index (κ1) is 16.0. The van der Waals surface area contributed by atoms with E-state index in [4.69, 9.17) is 0 Å². The van der Waals surface area contributed by atoms with Crippen molar-refractivity contribution in [1.82, 2.24) is 4.98 Å². The van der Waals surface area contributed by atoms with E-state index >= 15 is 0 Å². The summed E-state index contributed by atoms with van der Waals surface area (Å²) in [5, 5.41) is 19.8. The fourth-order valence-corrected chi connectivity index (χ4v) is 2.92. The molecule has 0 radical (unpaired) electrons. The fraction of sp³-hybridized carbons (Fsp3) is 0.200. The van der Waals surface area contributed by atoms with Gasteiger partial charge in [0.05, 0.1) is 18.1 Å². The van der Waals surface area contributed by atoms with Crippen LogP contribution >= 0.6 is 0 Å². The van der Waals surface area contributed by atoms with Gasteiger partial charge in [-0.3, -0.25) is 4.79 Å². The molecule has 3 rings (SSSR count). The Bertz CT molecular complexity index is 970. The zero-order chi connectivity index (χ0) is 17.2. The summed E-state index contributed by atoms with van der Waals surface area (Å²) in [5.74, 6) is 0. The van der Waals surface area contributed by atoms with E-state index in [0.29, 0.717) is 17.5 Å². The summed E-state index contributed by atoms with van der Waals surface area (Å²) in [6.07, 6.45) is 0.592. The van der Waals surface area contributed by atoms with Crippen molar-refractivity contribution in [1.29, 1.82) is 5.26 Å². The van der Waals surface area contributed by atoms with Gasteiger partial charge in [0.1, 0.15) is 0 Å². The molecule has 0 aliphatic heterocycles. The molecule has 0 saturated heterocycles. The SMILES string of the molecule is CC(C#N)(Cc1ccccc1)c1ccc2cc(CO)c(=O)[nH]c2c1. The van der Waals surface area contributed by atoms with Crippen molar-refractivity contribution in [2.45, 2.75) is 25.4 Å². The minimum atomic E-state index is -0.692. The van der Waals surface area contributed by atoms with Crippen LogP contribution in [0.3, 0.4) is 0 Å². The average Bonchev–Trinajstić information content (AvgIpc) is 2.61. The quantitative estimate of drug-likeness (QED) is 0.776. The molecule has 0 amide bonds. The van der Waals surface area contributed by atoms with Crippen LogP contribution in [0.1, 0.15) is 23.6 Å².